The number of Topliss-reactive ketones (excluding diaryl/α,β-unsaturated/α-hetero) is 1. The third kappa shape index (κ3) is 2.96. The number of aromatic nitrogens is 1. The summed E-state index contributed by atoms with van der Waals surface area (Å²) in [4.78, 5) is 15.4. The molecular weight excluding hydrogens is 316 g/mol. The van der Waals surface area contributed by atoms with Crippen LogP contribution in [-0.2, 0) is 4.79 Å². The van der Waals surface area contributed by atoms with E-state index >= 15 is 0 Å². The Morgan fingerprint density at radius 3 is 2.62 bits per heavy atom. The van der Waals surface area contributed by atoms with Crippen LogP contribution in [0, 0.1) is 11.6 Å². The van der Waals surface area contributed by atoms with Crippen molar-refractivity contribution in [3.05, 3.63) is 65.9 Å². The number of ether oxygens (including phenoxy) is 1. The number of rotatable bonds is 4. The van der Waals surface area contributed by atoms with E-state index in [4.69, 9.17) is 4.74 Å². The molecule has 0 radical (unpaired) electrons. The highest BCUT2D eigenvalue weighted by atomic mass is 19.1. The molecule has 0 aliphatic heterocycles. The number of ketones is 1. The molecule has 0 aliphatic rings. The number of benzene rings is 2. The molecule has 6 heteroatoms. The highest BCUT2D eigenvalue weighted by Crippen LogP contribution is 2.33. The Kier molecular flexibility index (Phi) is 4.22. The van der Waals surface area contributed by atoms with E-state index in [1.165, 1.54) is 30.5 Å². The average Bonchev–Trinajstić information content (AvgIpc) is 2.54. The second kappa shape index (κ2) is 6.33. The van der Waals surface area contributed by atoms with Crippen LogP contribution in [-0.4, -0.2) is 15.9 Å². The van der Waals surface area contributed by atoms with E-state index in [1.54, 1.807) is 12.1 Å². The monoisotopic (exact) mass is 329 g/mol. The van der Waals surface area contributed by atoms with Gasteiger partial charge in [0, 0.05) is 5.39 Å². The molecule has 2 aromatic carbocycles. The Bertz CT molecular complexity index is 927. The summed E-state index contributed by atoms with van der Waals surface area (Å²) in [6.07, 6.45) is -0.340. The fraction of sp³-hybridized carbons (Fsp3) is 0.111. The van der Waals surface area contributed by atoms with Crippen molar-refractivity contribution in [2.45, 2.75) is 13.0 Å². The fourth-order valence-electron chi connectivity index (χ4n) is 2.36. The first-order valence-electron chi connectivity index (χ1n) is 7.16. The number of fused-ring (bicyclic) bond motifs is 1. The maximum atomic E-state index is 14.0. The smallest absolute Gasteiger partial charge is 0.163 e. The van der Waals surface area contributed by atoms with Crippen molar-refractivity contribution < 1.29 is 23.4 Å². The molecule has 0 amide bonds. The van der Waals surface area contributed by atoms with Gasteiger partial charge in [-0.2, -0.15) is 0 Å². The molecule has 1 N–H and O–H groups in total. The van der Waals surface area contributed by atoms with Crippen molar-refractivity contribution in [3.63, 3.8) is 0 Å². The number of aliphatic hydroxyl groups excluding tert-OH is 1. The first-order chi connectivity index (χ1) is 11.5. The van der Waals surface area contributed by atoms with E-state index in [1.807, 2.05) is 0 Å². The summed E-state index contributed by atoms with van der Waals surface area (Å²) < 4.78 is 33.2. The van der Waals surface area contributed by atoms with Gasteiger partial charge in [0.25, 0.3) is 0 Å². The molecule has 1 aromatic heterocycles. The Hall–Kier alpha value is -2.86. The lowest BCUT2D eigenvalue weighted by molar-refractivity contribution is -0.125. The van der Waals surface area contributed by atoms with Gasteiger partial charge in [-0.15, -0.1) is 0 Å². The van der Waals surface area contributed by atoms with Gasteiger partial charge in [0.05, 0.1) is 11.8 Å². The molecule has 1 atom stereocenters. The Morgan fingerprint density at radius 1 is 1.17 bits per heavy atom. The summed E-state index contributed by atoms with van der Waals surface area (Å²) in [5.74, 6) is -1.60. The summed E-state index contributed by atoms with van der Waals surface area (Å²) in [7, 11) is 0. The number of pyridine rings is 1. The number of aliphatic hydroxyl groups is 1. The predicted molar refractivity (Wildman–Crippen MR) is 83.8 cm³/mol. The van der Waals surface area contributed by atoms with Crippen LogP contribution < -0.4 is 4.74 Å². The molecule has 0 spiro atoms. The van der Waals surface area contributed by atoms with Crippen molar-refractivity contribution in [2.24, 2.45) is 0 Å². The minimum absolute atomic E-state index is 0.00440. The predicted octanol–water partition coefficient (Wildman–Crippen LogP) is 3.93. The molecular formula is C18H13F2NO3. The average molecular weight is 329 g/mol. The maximum Gasteiger partial charge on any atom is 0.163 e. The lowest BCUT2D eigenvalue weighted by Gasteiger charge is -2.15. The van der Waals surface area contributed by atoms with Crippen LogP contribution in [0.3, 0.4) is 0 Å². The van der Waals surface area contributed by atoms with Crippen molar-refractivity contribution >= 4 is 16.7 Å². The zero-order valence-electron chi connectivity index (χ0n) is 12.7. The van der Waals surface area contributed by atoms with Gasteiger partial charge in [-0.25, -0.2) is 13.8 Å². The Balaban J connectivity index is 2.03. The molecule has 0 fully saturated rings. The largest absolute Gasteiger partial charge is 0.455 e. The van der Waals surface area contributed by atoms with E-state index < -0.39 is 23.5 Å². The number of nitrogens with zero attached hydrogens (tertiary/aromatic N) is 1. The zero-order valence-corrected chi connectivity index (χ0v) is 12.7. The van der Waals surface area contributed by atoms with Crippen LogP contribution in [0.15, 0.2) is 48.7 Å². The number of carbonyl (C=O) groups excluding carboxylic acids is 1. The lowest BCUT2D eigenvalue weighted by atomic mass is 10.0. The van der Waals surface area contributed by atoms with Crippen LogP contribution in [0.4, 0.5) is 8.78 Å². The minimum Gasteiger partial charge on any atom is -0.455 e. The number of hydrogen-bond donors (Lipinski definition) is 1. The summed E-state index contributed by atoms with van der Waals surface area (Å²) in [6.45, 7) is 1.15. The molecule has 0 aliphatic carbocycles. The van der Waals surface area contributed by atoms with Crippen LogP contribution in [0.5, 0.6) is 11.5 Å². The van der Waals surface area contributed by atoms with Gasteiger partial charge in [0.15, 0.2) is 5.78 Å². The van der Waals surface area contributed by atoms with Crippen molar-refractivity contribution in [2.75, 3.05) is 0 Å². The molecule has 24 heavy (non-hydrogen) atoms. The molecule has 0 saturated heterocycles. The third-order valence-corrected chi connectivity index (χ3v) is 3.54. The number of halogens is 2. The number of para-hydroxylation sites is 1. The first-order valence-corrected chi connectivity index (χ1v) is 7.16. The minimum atomic E-state index is -1.63. The highest BCUT2D eigenvalue weighted by molar-refractivity contribution is 5.83. The van der Waals surface area contributed by atoms with E-state index in [0.717, 1.165) is 13.0 Å². The maximum absolute atomic E-state index is 14.0. The van der Waals surface area contributed by atoms with Crippen molar-refractivity contribution in [1.82, 2.24) is 4.98 Å². The summed E-state index contributed by atoms with van der Waals surface area (Å²) in [6, 6.07) is 9.99. The highest BCUT2D eigenvalue weighted by Gasteiger charge is 2.22. The van der Waals surface area contributed by atoms with E-state index in [-0.39, 0.29) is 22.6 Å². The van der Waals surface area contributed by atoms with Crippen LogP contribution in [0.2, 0.25) is 0 Å². The Labute approximate surface area is 136 Å². The second-order valence-electron chi connectivity index (χ2n) is 5.25. The first kappa shape index (κ1) is 16.0. The number of hydrogen-bond acceptors (Lipinski definition) is 4. The number of carbonyl (C=O) groups is 1. The lowest BCUT2D eigenvalue weighted by Crippen LogP contribution is -2.11. The summed E-state index contributed by atoms with van der Waals surface area (Å²) in [5.41, 5.74) is -0.0579. The molecule has 1 heterocycles. The molecule has 0 saturated carbocycles. The molecule has 1 unspecified atom stereocenters. The second-order valence-corrected chi connectivity index (χ2v) is 5.25. The molecule has 122 valence electrons. The zero-order chi connectivity index (χ0) is 17.3. The SMILES string of the molecule is CC(=O)C(O)c1c(F)cccc1Oc1cnc2c(F)cccc2c1. The summed E-state index contributed by atoms with van der Waals surface area (Å²) >= 11 is 0. The van der Waals surface area contributed by atoms with Gasteiger partial charge in [0.2, 0.25) is 0 Å². The van der Waals surface area contributed by atoms with Gasteiger partial charge in [0.1, 0.15) is 34.8 Å². The summed E-state index contributed by atoms with van der Waals surface area (Å²) in [5, 5.41) is 10.4. The van der Waals surface area contributed by atoms with Gasteiger partial charge in [-0.1, -0.05) is 18.2 Å². The van der Waals surface area contributed by atoms with E-state index in [2.05, 4.69) is 4.98 Å². The molecule has 3 rings (SSSR count). The quantitative estimate of drug-likeness (QED) is 0.788. The van der Waals surface area contributed by atoms with Gasteiger partial charge in [-0.3, -0.25) is 4.79 Å². The van der Waals surface area contributed by atoms with Crippen LogP contribution in [0.1, 0.15) is 18.6 Å². The third-order valence-electron chi connectivity index (χ3n) is 3.54. The standard InChI is InChI=1S/C18H13F2NO3/c1-10(22)18(23)16-13(19)5-3-7-15(16)24-12-8-11-4-2-6-14(20)17(11)21-9-12/h2-9,18,23H,1H3. The van der Waals surface area contributed by atoms with Gasteiger partial charge < -0.3 is 9.84 Å². The van der Waals surface area contributed by atoms with Crippen LogP contribution >= 0.6 is 0 Å². The molecule has 0 bridgehead atoms. The van der Waals surface area contributed by atoms with Crippen molar-refractivity contribution in [3.8, 4) is 11.5 Å². The Morgan fingerprint density at radius 2 is 1.88 bits per heavy atom. The van der Waals surface area contributed by atoms with E-state index in [9.17, 15) is 18.7 Å². The molecule has 4 nitrogen and oxygen atoms in total. The van der Waals surface area contributed by atoms with Gasteiger partial charge in [-0.05, 0) is 31.2 Å². The normalized spacial score (nSPS) is 12.2. The topological polar surface area (TPSA) is 59.4 Å². The fourth-order valence-corrected chi connectivity index (χ4v) is 2.36. The van der Waals surface area contributed by atoms with Gasteiger partial charge >= 0.3 is 0 Å². The van der Waals surface area contributed by atoms with Crippen LogP contribution in [0.25, 0.3) is 10.9 Å². The molecule has 3 aromatic rings. The van der Waals surface area contributed by atoms with E-state index in [0.29, 0.717) is 5.39 Å². The van der Waals surface area contributed by atoms with Crippen molar-refractivity contribution in [1.29, 1.82) is 0 Å².